The minimum atomic E-state index is -0.885. The molecule has 4 N–H and O–H groups in total. The topological polar surface area (TPSA) is 141 Å². The van der Waals surface area contributed by atoms with Crippen molar-refractivity contribution in [3.8, 4) is 23.0 Å². The van der Waals surface area contributed by atoms with Crippen LogP contribution in [0.2, 0.25) is 0 Å². The van der Waals surface area contributed by atoms with Crippen LogP contribution in [0.25, 0.3) is 11.1 Å². The predicted molar refractivity (Wildman–Crippen MR) is 289 cm³/mol. The van der Waals surface area contributed by atoms with Gasteiger partial charge in [-0.3, -0.25) is 4.90 Å². The fraction of sp³-hybridized carbons (Fsp3) is 0.585. The Kier molecular flexibility index (Phi) is 18.5. The van der Waals surface area contributed by atoms with Crippen molar-refractivity contribution >= 4 is 142 Å². The van der Waals surface area contributed by atoms with Crippen molar-refractivity contribution in [1.29, 1.82) is 0 Å². The number of ether oxygens (including phenoxy) is 6. The molecule has 2 spiro atoms. The molecule has 0 amide bonds. The molecule has 66 heavy (non-hydrogen) atoms. The van der Waals surface area contributed by atoms with Gasteiger partial charge in [-0.2, -0.15) is 0 Å². The molecule has 12 nitrogen and oxygen atoms in total. The zero-order chi connectivity index (χ0) is 47.4. The highest BCUT2D eigenvalue weighted by Crippen LogP contribution is 2.56. The van der Waals surface area contributed by atoms with E-state index < -0.39 is 41.7 Å². The zero-order valence-electron chi connectivity index (χ0n) is 36.6. The van der Waals surface area contributed by atoms with Crippen molar-refractivity contribution in [3.63, 3.8) is 0 Å². The Morgan fingerprint density at radius 2 is 1.24 bits per heavy atom. The van der Waals surface area contributed by atoms with Gasteiger partial charge in [0.25, 0.3) is 0 Å². The molecule has 362 valence electrons. The third-order valence-corrected chi connectivity index (χ3v) is 28.8. The van der Waals surface area contributed by atoms with Gasteiger partial charge in [-0.05, 0) is 124 Å². The van der Waals surface area contributed by atoms with Gasteiger partial charge in [0.05, 0.1) is 18.6 Å². The molecule has 0 aromatic heterocycles. The van der Waals surface area contributed by atoms with Crippen LogP contribution in [0.3, 0.4) is 0 Å². The maximum atomic E-state index is 12.6. The summed E-state index contributed by atoms with van der Waals surface area (Å²) in [5.74, 6) is 3.08. The summed E-state index contributed by atoms with van der Waals surface area (Å²) in [6, 6.07) is 8.24. The van der Waals surface area contributed by atoms with Crippen molar-refractivity contribution < 1.29 is 53.4 Å². The van der Waals surface area contributed by atoms with E-state index >= 15 is 0 Å². The van der Waals surface area contributed by atoms with Gasteiger partial charge in [-0.15, -0.1) is 0 Å². The lowest BCUT2D eigenvalue weighted by Crippen LogP contribution is -3.19. The number of fused-ring (bicyclic) bond motifs is 6. The maximum Gasteiger partial charge on any atom is 0.509 e. The van der Waals surface area contributed by atoms with E-state index in [0.717, 1.165) is 121 Å². The van der Waals surface area contributed by atoms with Crippen molar-refractivity contribution in [2.45, 2.75) is 114 Å². The van der Waals surface area contributed by atoms with Crippen LogP contribution in [0.4, 0.5) is 4.79 Å². The second-order valence-corrected chi connectivity index (χ2v) is 33.4. The summed E-state index contributed by atoms with van der Waals surface area (Å²) in [5.41, 5.74) is 7.02. The average Bonchev–Trinajstić information content (AvgIpc) is 4.14. The van der Waals surface area contributed by atoms with E-state index in [4.69, 9.17) is 28.4 Å². The first-order chi connectivity index (χ1) is 31.7. The number of rotatable bonds is 1. The Balaban J connectivity index is 0.000000158. The molecule has 2 aromatic carbocycles. The number of hydrogen-bond donors (Lipinski definition) is 4. The summed E-state index contributed by atoms with van der Waals surface area (Å²) in [5, 5.41) is 32.7. The summed E-state index contributed by atoms with van der Waals surface area (Å²) in [6.07, 6.45) is 1.83. The first-order valence-corrected chi connectivity index (χ1v) is 35.7. The van der Waals surface area contributed by atoms with Crippen LogP contribution in [0, 0.1) is 0 Å². The molecule has 25 heteroatoms. The highest BCUT2D eigenvalue weighted by atomic mass is 33.4. The van der Waals surface area contributed by atoms with Crippen LogP contribution < -0.4 is 23.8 Å². The van der Waals surface area contributed by atoms with Crippen molar-refractivity contribution in [1.82, 2.24) is 4.90 Å². The molecule has 2 aromatic rings. The van der Waals surface area contributed by atoms with Gasteiger partial charge in [0.2, 0.25) is 13.6 Å². The van der Waals surface area contributed by atoms with Crippen LogP contribution in [0.5, 0.6) is 23.0 Å². The number of nitrogens with zero attached hydrogens (tertiary/aromatic N) is 1. The average molecular weight is 1150 g/mol. The lowest BCUT2D eigenvalue weighted by atomic mass is 9.81. The van der Waals surface area contributed by atoms with Gasteiger partial charge >= 0.3 is 6.16 Å². The smallest absolute Gasteiger partial charge is 0.454 e. The van der Waals surface area contributed by atoms with E-state index in [1.807, 2.05) is 19.9 Å². The number of hydrogen-bond acceptors (Lipinski definition) is 15. The van der Waals surface area contributed by atoms with Crippen molar-refractivity contribution in [3.05, 3.63) is 57.7 Å². The van der Waals surface area contributed by atoms with Crippen molar-refractivity contribution in [2.75, 3.05) is 39.8 Å². The standard InChI is InChI=1S/C23H29NO6.C18H21NO4.S7.S6/c1-13-18-15-11-17-16(27-12-28-17)10-14(15)6-9-24-8-5-7-23(18,24)20(19(13)25)29-21(26)30-22(2,3)4;1-10-15-12-8-14-13(22-9-23-14)7-11(12)3-6-19-5-2-4-18(15,19)17(21)16(10)20;1-3-5-7-6-4-2;1-3-5-6-4-2/h10-11,19-20,25H,5-9,12H2,1-4H3;7-8,16-17,20-21H,2-6,9H2,1H3;;/p+1/t19-,20?,23-;16-,17-,18-;;/m11../s1. The van der Waals surface area contributed by atoms with Crippen LogP contribution in [0.1, 0.15) is 82.6 Å². The van der Waals surface area contributed by atoms with Crippen LogP contribution in [-0.2, 0) is 147 Å². The van der Waals surface area contributed by atoms with Crippen LogP contribution >= 0.6 is 0 Å². The Hall–Kier alpha value is -0.950. The highest BCUT2D eigenvalue weighted by molar-refractivity contribution is 8.68. The van der Waals surface area contributed by atoms with E-state index in [1.54, 1.807) is 47.4 Å². The molecule has 6 aliphatic heterocycles. The second kappa shape index (κ2) is 23.1. The Morgan fingerprint density at radius 1 is 0.712 bits per heavy atom. The van der Waals surface area contributed by atoms with E-state index in [2.05, 4.69) is 67.9 Å². The van der Waals surface area contributed by atoms with E-state index in [9.17, 15) is 20.1 Å². The number of aliphatic hydroxyl groups excluding tert-OH is 3. The molecule has 0 radical (unpaired) electrons. The molecule has 2 unspecified atom stereocenters. The minimum Gasteiger partial charge on any atom is -0.454 e. The summed E-state index contributed by atoms with van der Waals surface area (Å²) < 4.78 is 33.6. The van der Waals surface area contributed by atoms with E-state index in [-0.39, 0.29) is 19.1 Å². The number of carbonyl (C=O) groups excluding carboxylic acids is 1. The van der Waals surface area contributed by atoms with Gasteiger partial charge < -0.3 is 48.6 Å². The maximum absolute atomic E-state index is 12.6. The summed E-state index contributed by atoms with van der Waals surface area (Å²) in [4.78, 5) is 16.4. The number of carbonyl (C=O) groups is 1. The number of nitrogens with one attached hydrogen (secondary N) is 1. The van der Waals surface area contributed by atoms with Gasteiger partial charge in [0.1, 0.15) is 23.9 Å². The molecule has 2 saturated heterocycles. The first kappa shape index (κ1) is 52.9. The quantitative estimate of drug-likeness (QED) is 0.311. The van der Waals surface area contributed by atoms with E-state index in [1.165, 1.54) is 69.3 Å². The molecule has 7 atom stereocenters. The summed E-state index contributed by atoms with van der Waals surface area (Å²) in [7, 11) is 13.0. The Morgan fingerprint density at radius 3 is 1.82 bits per heavy atom. The summed E-state index contributed by atoms with van der Waals surface area (Å²) in [6.45, 7) is 13.6. The third-order valence-electron chi connectivity index (χ3n) is 13.2. The predicted octanol–water partition coefficient (Wildman–Crippen LogP) is 3.14. The minimum absolute atomic E-state index is 0.223. The molecule has 2 aliphatic carbocycles. The zero-order valence-corrected chi connectivity index (χ0v) is 47.2. The van der Waals surface area contributed by atoms with Gasteiger partial charge in [-0.1, -0.05) is 0 Å². The lowest BCUT2D eigenvalue weighted by molar-refractivity contribution is -0.932. The van der Waals surface area contributed by atoms with Crippen LogP contribution in [-0.4, -0.2) is 107 Å². The van der Waals surface area contributed by atoms with E-state index in [0.29, 0.717) is 0 Å². The van der Waals surface area contributed by atoms with Crippen LogP contribution in [0.15, 0.2) is 35.4 Å². The first-order valence-electron chi connectivity index (χ1n) is 21.0. The number of aliphatic hydroxyl groups is 3. The fourth-order valence-electron chi connectivity index (χ4n) is 11.0. The Labute approximate surface area is 430 Å². The SMILES string of the molecule is CC1=C2c3cc4c(cc3CCN3CCC[C@]23C(OC(=O)OC(C)(C)C)[C@@H]1O)OCO4.CC1=C2c3cc4c(cc3CC[NH+]3CCC[C@]23[C@H](O)[C@@H]1O)OCO4.S=S=S=S=S=S.S=S=S=S=S=S=S. The third kappa shape index (κ3) is 10.6. The Bertz CT molecular complexity index is 2690. The monoisotopic (exact) mass is 1150 g/mol. The molecule has 8 aliphatic rings. The molecule has 2 fully saturated rings. The normalized spacial score (nSPS) is 27.8. The lowest BCUT2D eigenvalue weighted by Gasteiger charge is -2.41. The number of quaternary nitrogens is 1. The van der Waals surface area contributed by atoms with Gasteiger partial charge in [0, 0.05) is 156 Å². The highest BCUT2D eigenvalue weighted by Gasteiger charge is 2.63. The molecule has 0 saturated carbocycles. The van der Waals surface area contributed by atoms with Crippen molar-refractivity contribution in [2.24, 2.45) is 0 Å². The second-order valence-electron chi connectivity index (χ2n) is 17.5. The summed E-state index contributed by atoms with van der Waals surface area (Å²) >= 11 is 18.2. The largest absolute Gasteiger partial charge is 0.509 e. The van der Waals surface area contributed by atoms with Gasteiger partial charge in [0.15, 0.2) is 34.6 Å². The molecular weight excluding hydrogens is 1100 g/mol. The molecule has 6 heterocycles. The molecular formula is C41H51N2O10S13+. The molecule has 10 rings (SSSR count). The fourth-order valence-corrected chi connectivity index (χ4v) is 24.7. The van der Waals surface area contributed by atoms with Gasteiger partial charge in [-0.25, -0.2) is 4.79 Å². The number of benzene rings is 2. The molecule has 0 bridgehead atoms.